The lowest BCUT2D eigenvalue weighted by atomic mass is 9.92. The molecule has 0 heterocycles. The van der Waals surface area contributed by atoms with Crippen LogP contribution in [-0.4, -0.2) is 38.6 Å². The molecule has 3 N–H and O–H groups in total. The van der Waals surface area contributed by atoms with E-state index in [0.717, 1.165) is 17.9 Å². The standard InChI is InChI=1S/C20H34N4O2/c1-8-21-18(25)20(5,6)13-23-19(22-9-2)24-15(4)16-12-14(3)10-11-17(16)26-7/h10-12,15H,8-9,13H2,1-7H3,(H,21,25)(H2,22,23,24). The van der Waals surface area contributed by atoms with Crippen LogP contribution in [0.5, 0.6) is 5.75 Å². The first-order valence-corrected chi connectivity index (χ1v) is 9.22. The molecule has 0 aliphatic rings. The molecule has 0 radical (unpaired) electrons. The van der Waals surface area contributed by atoms with E-state index in [9.17, 15) is 4.79 Å². The van der Waals surface area contributed by atoms with Crippen LogP contribution in [0.3, 0.4) is 0 Å². The molecule has 1 aromatic carbocycles. The van der Waals surface area contributed by atoms with E-state index >= 15 is 0 Å². The van der Waals surface area contributed by atoms with Gasteiger partial charge in [0.05, 0.1) is 25.1 Å². The number of carbonyl (C=O) groups excluding carboxylic acids is 1. The first kappa shape index (κ1) is 21.8. The number of aryl methyl sites for hydroxylation is 1. The Balaban J connectivity index is 2.93. The minimum Gasteiger partial charge on any atom is -0.496 e. The van der Waals surface area contributed by atoms with E-state index in [2.05, 4.69) is 40.9 Å². The minimum atomic E-state index is -0.567. The summed E-state index contributed by atoms with van der Waals surface area (Å²) in [4.78, 5) is 16.8. The lowest BCUT2D eigenvalue weighted by molar-refractivity contribution is -0.128. The second-order valence-corrected chi connectivity index (χ2v) is 7.05. The van der Waals surface area contributed by atoms with Crippen molar-refractivity contribution >= 4 is 11.9 Å². The maximum atomic E-state index is 12.2. The highest BCUT2D eigenvalue weighted by Gasteiger charge is 2.27. The highest BCUT2D eigenvalue weighted by atomic mass is 16.5. The van der Waals surface area contributed by atoms with Gasteiger partial charge in [0.15, 0.2) is 5.96 Å². The first-order valence-electron chi connectivity index (χ1n) is 9.22. The molecule has 0 aromatic heterocycles. The normalized spacial score (nSPS) is 13.1. The summed E-state index contributed by atoms with van der Waals surface area (Å²) in [6.45, 7) is 13.6. The van der Waals surface area contributed by atoms with Gasteiger partial charge >= 0.3 is 0 Å². The quantitative estimate of drug-likeness (QED) is 0.491. The van der Waals surface area contributed by atoms with Crippen LogP contribution in [0.25, 0.3) is 0 Å². The van der Waals surface area contributed by atoms with Gasteiger partial charge in [-0.25, -0.2) is 0 Å². The average Bonchev–Trinajstić information content (AvgIpc) is 2.60. The third-order valence-corrected chi connectivity index (χ3v) is 4.13. The Morgan fingerprint density at radius 1 is 1.23 bits per heavy atom. The Hall–Kier alpha value is -2.24. The van der Waals surface area contributed by atoms with E-state index < -0.39 is 5.41 Å². The number of methoxy groups -OCH3 is 1. The number of nitrogens with zero attached hydrogens (tertiary/aromatic N) is 1. The van der Waals surface area contributed by atoms with Crippen molar-refractivity contribution in [2.24, 2.45) is 10.4 Å². The SMILES string of the molecule is CCNC(=O)C(C)(C)CN=C(NCC)NC(C)c1cc(C)ccc1OC. The Bertz CT molecular complexity index is 626. The van der Waals surface area contributed by atoms with E-state index in [-0.39, 0.29) is 11.9 Å². The van der Waals surface area contributed by atoms with Gasteiger partial charge < -0.3 is 20.7 Å². The number of guanidine groups is 1. The van der Waals surface area contributed by atoms with Crippen LogP contribution in [0.4, 0.5) is 0 Å². The summed E-state index contributed by atoms with van der Waals surface area (Å²) in [5.41, 5.74) is 1.68. The van der Waals surface area contributed by atoms with Gasteiger partial charge in [0, 0.05) is 18.7 Å². The lowest BCUT2D eigenvalue weighted by Gasteiger charge is -2.24. The number of amides is 1. The second kappa shape index (κ2) is 10.0. The molecule has 0 bridgehead atoms. The molecule has 1 unspecified atom stereocenters. The van der Waals surface area contributed by atoms with Gasteiger partial charge in [-0.1, -0.05) is 17.7 Å². The number of hydrogen-bond donors (Lipinski definition) is 3. The molecule has 6 heteroatoms. The Kier molecular flexibility index (Phi) is 8.42. The fourth-order valence-corrected chi connectivity index (χ4v) is 2.54. The van der Waals surface area contributed by atoms with Crippen molar-refractivity contribution in [2.45, 2.75) is 47.6 Å². The van der Waals surface area contributed by atoms with Gasteiger partial charge in [0.1, 0.15) is 5.75 Å². The van der Waals surface area contributed by atoms with Gasteiger partial charge in [0.2, 0.25) is 5.91 Å². The van der Waals surface area contributed by atoms with Gasteiger partial charge in [-0.15, -0.1) is 0 Å². The molecule has 6 nitrogen and oxygen atoms in total. The number of nitrogens with one attached hydrogen (secondary N) is 3. The van der Waals surface area contributed by atoms with Gasteiger partial charge in [-0.05, 0) is 47.6 Å². The topological polar surface area (TPSA) is 74.8 Å². The fraction of sp³-hybridized carbons (Fsp3) is 0.600. The number of ether oxygens (including phenoxy) is 1. The maximum Gasteiger partial charge on any atom is 0.227 e. The summed E-state index contributed by atoms with van der Waals surface area (Å²) in [6, 6.07) is 6.13. The summed E-state index contributed by atoms with van der Waals surface area (Å²) in [5, 5.41) is 9.52. The Morgan fingerprint density at radius 2 is 1.88 bits per heavy atom. The summed E-state index contributed by atoms with van der Waals surface area (Å²) >= 11 is 0. The van der Waals surface area contributed by atoms with Crippen LogP contribution in [0.1, 0.15) is 51.8 Å². The molecule has 1 atom stereocenters. The van der Waals surface area contributed by atoms with Crippen LogP contribution in [0.2, 0.25) is 0 Å². The highest BCUT2D eigenvalue weighted by molar-refractivity contribution is 5.84. The molecular weight excluding hydrogens is 328 g/mol. The summed E-state index contributed by atoms with van der Waals surface area (Å²) in [7, 11) is 1.68. The number of hydrogen-bond acceptors (Lipinski definition) is 3. The van der Waals surface area contributed by atoms with Crippen molar-refractivity contribution in [2.75, 3.05) is 26.7 Å². The van der Waals surface area contributed by atoms with E-state index in [1.165, 1.54) is 5.56 Å². The molecule has 1 aromatic rings. The summed E-state index contributed by atoms with van der Waals surface area (Å²) in [6.07, 6.45) is 0. The summed E-state index contributed by atoms with van der Waals surface area (Å²) in [5.74, 6) is 1.53. The first-order chi connectivity index (χ1) is 12.2. The fourth-order valence-electron chi connectivity index (χ4n) is 2.54. The minimum absolute atomic E-state index is 0.00741. The molecule has 0 saturated heterocycles. The third-order valence-electron chi connectivity index (χ3n) is 4.13. The van der Waals surface area contributed by atoms with E-state index in [1.807, 2.05) is 39.8 Å². The molecule has 0 spiro atoms. The van der Waals surface area contributed by atoms with Crippen LogP contribution in [0, 0.1) is 12.3 Å². The molecule has 1 amide bonds. The van der Waals surface area contributed by atoms with Crippen molar-refractivity contribution in [3.05, 3.63) is 29.3 Å². The molecule has 0 aliphatic heterocycles. The molecule has 0 saturated carbocycles. The van der Waals surface area contributed by atoms with Gasteiger partial charge in [-0.3, -0.25) is 9.79 Å². The molecule has 26 heavy (non-hydrogen) atoms. The maximum absolute atomic E-state index is 12.2. The highest BCUT2D eigenvalue weighted by Crippen LogP contribution is 2.26. The summed E-state index contributed by atoms with van der Waals surface area (Å²) < 4.78 is 5.48. The number of aliphatic imine (C=N–C) groups is 1. The molecular formula is C20H34N4O2. The lowest BCUT2D eigenvalue weighted by Crippen LogP contribution is -2.42. The number of benzene rings is 1. The van der Waals surface area contributed by atoms with E-state index in [1.54, 1.807) is 7.11 Å². The van der Waals surface area contributed by atoms with E-state index in [4.69, 9.17) is 4.74 Å². The van der Waals surface area contributed by atoms with Crippen LogP contribution in [0.15, 0.2) is 23.2 Å². The average molecular weight is 363 g/mol. The Morgan fingerprint density at radius 3 is 2.46 bits per heavy atom. The number of carbonyl (C=O) groups is 1. The Labute approximate surface area is 157 Å². The second-order valence-electron chi connectivity index (χ2n) is 7.05. The molecule has 1 rings (SSSR count). The van der Waals surface area contributed by atoms with Crippen molar-refractivity contribution in [1.82, 2.24) is 16.0 Å². The molecule has 146 valence electrons. The predicted octanol–water partition coefficient (Wildman–Crippen LogP) is 2.78. The van der Waals surface area contributed by atoms with Crippen LogP contribution in [-0.2, 0) is 4.79 Å². The van der Waals surface area contributed by atoms with Crippen LogP contribution < -0.4 is 20.7 Å². The zero-order valence-electron chi connectivity index (χ0n) is 17.2. The third kappa shape index (κ3) is 6.24. The number of rotatable bonds is 8. The predicted molar refractivity (Wildman–Crippen MR) is 108 cm³/mol. The van der Waals surface area contributed by atoms with Crippen molar-refractivity contribution in [3.63, 3.8) is 0 Å². The monoisotopic (exact) mass is 362 g/mol. The van der Waals surface area contributed by atoms with Crippen molar-refractivity contribution < 1.29 is 9.53 Å². The van der Waals surface area contributed by atoms with Crippen molar-refractivity contribution in [3.8, 4) is 5.75 Å². The van der Waals surface area contributed by atoms with Crippen LogP contribution >= 0.6 is 0 Å². The zero-order chi connectivity index (χ0) is 19.7. The van der Waals surface area contributed by atoms with Gasteiger partial charge in [-0.2, -0.15) is 0 Å². The molecule has 0 fully saturated rings. The van der Waals surface area contributed by atoms with Crippen molar-refractivity contribution in [1.29, 1.82) is 0 Å². The zero-order valence-corrected chi connectivity index (χ0v) is 17.2. The largest absolute Gasteiger partial charge is 0.496 e. The smallest absolute Gasteiger partial charge is 0.227 e. The van der Waals surface area contributed by atoms with Gasteiger partial charge in [0.25, 0.3) is 0 Å². The van der Waals surface area contributed by atoms with E-state index in [0.29, 0.717) is 19.0 Å². The molecule has 0 aliphatic carbocycles.